The van der Waals surface area contributed by atoms with Crippen molar-refractivity contribution in [3.8, 4) is 11.5 Å². The lowest BCUT2D eigenvalue weighted by atomic mass is 9.48. The molecule has 34 heavy (non-hydrogen) atoms. The molecular formula is C25H32N2O7. The summed E-state index contributed by atoms with van der Waals surface area (Å²) in [6, 6.07) is 2.27. The molecule has 9 heteroatoms. The second-order valence-corrected chi connectivity index (χ2v) is 10.8. The van der Waals surface area contributed by atoms with E-state index in [9.17, 15) is 24.9 Å². The highest BCUT2D eigenvalue weighted by molar-refractivity contribution is 5.80. The lowest BCUT2D eigenvalue weighted by Gasteiger charge is -2.65. The number of rotatable bonds is 8. The van der Waals surface area contributed by atoms with E-state index in [0.717, 1.165) is 43.0 Å². The van der Waals surface area contributed by atoms with Gasteiger partial charge in [-0.15, -0.1) is 0 Å². The summed E-state index contributed by atoms with van der Waals surface area (Å²) < 4.78 is 13.0. The Morgan fingerprint density at radius 1 is 1.26 bits per heavy atom. The maximum absolute atomic E-state index is 11.8. The number of benzene rings is 1. The number of carboxylic acids is 2. The number of hydrogen-bond donors (Lipinski definition) is 4. The van der Waals surface area contributed by atoms with E-state index in [0.29, 0.717) is 18.6 Å². The molecule has 2 bridgehead atoms. The molecule has 2 heterocycles. The van der Waals surface area contributed by atoms with Crippen LogP contribution in [0.3, 0.4) is 0 Å². The summed E-state index contributed by atoms with van der Waals surface area (Å²) in [4.78, 5) is 25.8. The molecule has 6 rings (SSSR count). The number of nitrogens with one attached hydrogen (secondary N) is 1. The average Bonchev–Trinajstić information content (AvgIpc) is 3.54. The van der Waals surface area contributed by atoms with Gasteiger partial charge in [0.15, 0.2) is 11.5 Å². The van der Waals surface area contributed by atoms with E-state index in [2.05, 4.69) is 10.2 Å². The van der Waals surface area contributed by atoms with Crippen molar-refractivity contribution >= 4 is 11.9 Å². The first-order valence-electron chi connectivity index (χ1n) is 12.3. The monoisotopic (exact) mass is 472 g/mol. The molecule has 3 fully saturated rings. The lowest BCUT2D eigenvalue weighted by Crippen LogP contribution is -2.79. The van der Waals surface area contributed by atoms with Crippen molar-refractivity contribution in [2.45, 2.75) is 80.2 Å². The summed E-state index contributed by atoms with van der Waals surface area (Å²) in [5, 5.41) is 32.8. The van der Waals surface area contributed by atoms with E-state index >= 15 is 0 Å². The Morgan fingerprint density at radius 3 is 2.74 bits per heavy atom. The van der Waals surface area contributed by atoms with E-state index in [1.165, 1.54) is 12.8 Å². The molecular weight excluding hydrogens is 440 g/mol. The van der Waals surface area contributed by atoms with Crippen LogP contribution < -0.4 is 10.1 Å². The van der Waals surface area contributed by atoms with Gasteiger partial charge in [-0.1, -0.05) is 6.07 Å². The standard InChI is InChI=1S/C25H32N2O7/c1-33-25-7-6-15(26-16(23(31)32)11-19(29)30)22-24(25)8-9-27(12-13-2-3-13)18(25)10-14-4-5-17(28)21(34-22)20(14)24/h4-5,13,15-16,18,22,26,28H,2-3,6-12H2,1H3,(H,29,30)(H,31,32)/t15?,16-,18+,22?,24-,25+/m0/s1. The minimum Gasteiger partial charge on any atom is -0.504 e. The normalized spacial score (nSPS) is 36.4. The third-order valence-corrected chi connectivity index (χ3v) is 9.18. The van der Waals surface area contributed by atoms with E-state index in [-0.39, 0.29) is 17.8 Å². The van der Waals surface area contributed by atoms with Gasteiger partial charge in [0.2, 0.25) is 0 Å². The molecule has 1 aromatic carbocycles. The van der Waals surface area contributed by atoms with Gasteiger partial charge in [0, 0.05) is 31.3 Å². The highest BCUT2D eigenvalue weighted by Crippen LogP contribution is 2.66. The number of hydrogen-bond acceptors (Lipinski definition) is 7. The van der Waals surface area contributed by atoms with Crippen molar-refractivity contribution in [3.05, 3.63) is 23.3 Å². The van der Waals surface area contributed by atoms with Gasteiger partial charge in [-0.05, 0) is 62.6 Å². The van der Waals surface area contributed by atoms with Crippen LogP contribution in [0.5, 0.6) is 11.5 Å². The second-order valence-electron chi connectivity index (χ2n) is 10.8. The first kappa shape index (κ1) is 22.1. The highest BCUT2D eigenvalue weighted by Gasteiger charge is 2.74. The van der Waals surface area contributed by atoms with E-state index in [1.54, 1.807) is 13.2 Å². The fourth-order valence-electron chi connectivity index (χ4n) is 7.69. The Kier molecular flexibility index (Phi) is 4.92. The zero-order chi connectivity index (χ0) is 23.8. The molecule has 0 radical (unpaired) electrons. The summed E-state index contributed by atoms with van der Waals surface area (Å²) in [7, 11) is 1.77. The first-order valence-corrected chi connectivity index (χ1v) is 12.3. The summed E-state index contributed by atoms with van der Waals surface area (Å²) in [6.07, 6.45) is 4.51. The molecule has 9 nitrogen and oxygen atoms in total. The fourth-order valence-corrected chi connectivity index (χ4v) is 7.69. The molecule has 4 N–H and O–H groups in total. The number of phenolic OH excluding ortho intramolecular Hbond substituents is 1. The number of piperidine rings is 1. The summed E-state index contributed by atoms with van der Waals surface area (Å²) >= 11 is 0. The lowest BCUT2D eigenvalue weighted by molar-refractivity contribution is -0.208. The molecule has 1 aromatic rings. The van der Waals surface area contributed by atoms with Crippen molar-refractivity contribution in [3.63, 3.8) is 0 Å². The molecule has 2 aliphatic heterocycles. The maximum Gasteiger partial charge on any atom is 0.321 e. The summed E-state index contributed by atoms with van der Waals surface area (Å²) in [6.45, 7) is 1.96. The molecule has 184 valence electrons. The number of phenols is 1. The Bertz CT molecular complexity index is 1040. The predicted molar refractivity (Wildman–Crippen MR) is 120 cm³/mol. The molecule has 1 saturated heterocycles. The first-order chi connectivity index (χ1) is 16.3. The number of carbonyl (C=O) groups is 2. The topological polar surface area (TPSA) is 129 Å². The van der Waals surface area contributed by atoms with Gasteiger partial charge in [-0.2, -0.15) is 0 Å². The number of aliphatic carboxylic acids is 2. The number of ether oxygens (including phenoxy) is 2. The van der Waals surface area contributed by atoms with Crippen LogP contribution in [0.25, 0.3) is 0 Å². The van der Waals surface area contributed by atoms with Crippen LogP contribution in [0, 0.1) is 5.92 Å². The minimum absolute atomic E-state index is 0.0884. The predicted octanol–water partition coefficient (Wildman–Crippen LogP) is 1.50. The third kappa shape index (κ3) is 2.90. The van der Waals surface area contributed by atoms with Crippen LogP contribution in [0.15, 0.2) is 12.1 Å². The molecule has 0 aromatic heterocycles. The second kappa shape index (κ2) is 7.57. The Balaban J connectivity index is 1.45. The molecule has 3 aliphatic carbocycles. The fraction of sp³-hybridized carbons (Fsp3) is 0.680. The third-order valence-electron chi connectivity index (χ3n) is 9.18. The van der Waals surface area contributed by atoms with E-state index in [1.807, 2.05) is 6.07 Å². The Labute approximate surface area is 198 Å². The van der Waals surface area contributed by atoms with Crippen molar-refractivity contribution in [2.24, 2.45) is 5.92 Å². The largest absolute Gasteiger partial charge is 0.504 e. The average molecular weight is 473 g/mol. The van der Waals surface area contributed by atoms with Gasteiger partial charge in [0.1, 0.15) is 12.1 Å². The molecule has 2 saturated carbocycles. The number of likely N-dealkylation sites (tertiary alicyclic amines) is 1. The molecule has 5 aliphatic rings. The molecule has 0 amide bonds. The van der Waals surface area contributed by atoms with E-state index < -0.39 is 41.5 Å². The molecule has 2 unspecified atom stereocenters. The van der Waals surface area contributed by atoms with Crippen LogP contribution in [0.4, 0.5) is 0 Å². The van der Waals surface area contributed by atoms with Crippen molar-refractivity contribution < 1.29 is 34.4 Å². The van der Waals surface area contributed by atoms with Gasteiger partial charge >= 0.3 is 11.9 Å². The van der Waals surface area contributed by atoms with Gasteiger partial charge < -0.3 is 24.8 Å². The summed E-state index contributed by atoms with van der Waals surface area (Å²) in [5.41, 5.74) is 1.13. The summed E-state index contributed by atoms with van der Waals surface area (Å²) in [5.74, 6) is -1.03. The van der Waals surface area contributed by atoms with Crippen molar-refractivity contribution in [1.29, 1.82) is 0 Å². The Morgan fingerprint density at radius 2 is 2.06 bits per heavy atom. The number of aromatic hydroxyl groups is 1. The van der Waals surface area contributed by atoms with Gasteiger partial charge in [0.25, 0.3) is 0 Å². The van der Waals surface area contributed by atoms with Crippen molar-refractivity contribution in [1.82, 2.24) is 10.2 Å². The number of carboxylic acid groups (broad SMARTS) is 2. The number of nitrogens with zero attached hydrogens (tertiary/aromatic N) is 1. The van der Waals surface area contributed by atoms with Gasteiger partial charge in [0.05, 0.1) is 17.4 Å². The maximum atomic E-state index is 11.8. The zero-order valence-corrected chi connectivity index (χ0v) is 19.3. The van der Waals surface area contributed by atoms with Crippen molar-refractivity contribution in [2.75, 3.05) is 20.2 Å². The molecule has 1 spiro atoms. The minimum atomic E-state index is -1.22. The van der Waals surface area contributed by atoms with Crippen LogP contribution in [-0.2, 0) is 26.2 Å². The van der Waals surface area contributed by atoms with Gasteiger partial charge in [-0.25, -0.2) is 0 Å². The zero-order valence-electron chi connectivity index (χ0n) is 19.3. The smallest absolute Gasteiger partial charge is 0.321 e. The molecule has 6 atom stereocenters. The highest BCUT2D eigenvalue weighted by atomic mass is 16.5. The SMILES string of the molecule is CO[C@@]12CCC(N[C@@H](CC(=O)O)C(=O)O)C3Oc4c(O)ccc5c4[C@@]31CCN(CC1CC1)[C@@H]2C5. The van der Waals surface area contributed by atoms with Crippen LogP contribution in [0.2, 0.25) is 0 Å². The van der Waals surface area contributed by atoms with E-state index in [4.69, 9.17) is 9.47 Å². The van der Waals surface area contributed by atoms with Crippen LogP contribution in [-0.4, -0.2) is 82.2 Å². The Hall–Kier alpha value is -2.36. The quantitative estimate of drug-likeness (QED) is 0.445. The number of methoxy groups -OCH3 is 1. The van der Waals surface area contributed by atoms with Crippen LogP contribution >= 0.6 is 0 Å². The van der Waals surface area contributed by atoms with Gasteiger partial charge in [-0.3, -0.25) is 19.8 Å². The van der Waals surface area contributed by atoms with Crippen LogP contribution in [0.1, 0.15) is 49.7 Å².